The Bertz CT molecular complexity index is 341. The van der Waals surface area contributed by atoms with Gasteiger partial charge in [-0.3, -0.25) is 4.79 Å². The van der Waals surface area contributed by atoms with Gasteiger partial charge in [-0.2, -0.15) is 0 Å². The smallest absolute Gasteiger partial charge is 0.270 e. The average molecular weight is 209 g/mol. The number of carbonyl (C=O) groups is 1. The number of carbonyl (C=O) groups excluding carboxylic acids is 1. The molecule has 1 rings (SSSR count). The number of aryl methyl sites for hydroxylation is 1. The van der Waals surface area contributed by atoms with Gasteiger partial charge < -0.3 is 10.4 Å². The molecule has 1 aromatic rings. The second kappa shape index (κ2) is 5.41. The molecule has 15 heavy (non-hydrogen) atoms. The minimum atomic E-state index is -0.503. The Kier molecular flexibility index (Phi) is 4.17. The molecule has 5 heteroatoms. The van der Waals surface area contributed by atoms with E-state index in [1.807, 2.05) is 6.92 Å². The van der Waals surface area contributed by atoms with Gasteiger partial charge in [0.05, 0.1) is 6.10 Å². The van der Waals surface area contributed by atoms with Gasteiger partial charge in [-0.05, 0) is 19.4 Å². The highest BCUT2D eigenvalue weighted by atomic mass is 16.3. The van der Waals surface area contributed by atoms with Crippen molar-refractivity contribution in [3.63, 3.8) is 0 Å². The van der Waals surface area contributed by atoms with Crippen LogP contribution in [-0.4, -0.2) is 33.6 Å². The molecule has 1 aromatic heterocycles. The van der Waals surface area contributed by atoms with Crippen molar-refractivity contribution in [3.05, 3.63) is 23.8 Å². The first kappa shape index (κ1) is 11.6. The molecule has 1 heterocycles. The molecule has 2 N–H and O–H groups in total. The Balaban J connectivity index is 2.54. The van der Waals surface area contributed by atoms with E-state index in [1.54, 1.807) is 13.0 Å². The van der Waals surface area contributed by atoms with E-state index < -0.39 is 6.10 Å². The number of hydrogen-bond donors (Lipinski definition) is 2. The maximum Gasteiger partial charge on any atom is 0.270 e. The summed E-state index contributed by atoms with van der Waals surface area (Å²) in [5.41, 5.74) is 1.07. The summed E-state index contributed by atoms with van der Waals surface area (Å²) in [6, 6.07) is 1.60. The number of aliphatic hydroxyl groups is 1. The summed E-state index contributed by atoms with van der Waals surface area (Å²) in [4.78, 5) is 19.2. The molecule has 0 saturated carbocycles. The van der Waals surface area contributed by atoms with E-state index in [2.05, 4.69) is 15.3 Å². The van der Waals surface area contributed by atoms with Crippen LogP contribution < -0.4 is 5.32 Å². The third kappa shape index (κ3) is 3.63. The highest BCUT2D eigenvalue weighted by Crippen LogP contribution is 1.96. The zero-order valence-electron chi connectivity index (χ0n) is 8.90. The fourth-order valence-corrected chi connectivity index (χ4v) is 1.02. The quantitative estimate of drug-likeness (QED) is 0.747. The zero-order chi connectivity index (χ0) is 11.3. The summed E-state index contributed by atoms with van der Waals surface area (Å²) < 4.78 is 0. The average Bonchev–Trinajstić information content (AvgIpc) is 2.25. The van der Waals surface area contributed by atoms with Crippen LogP contribution in [0.4, 0.5) is 0 Å². The molecule has 0 aliphatic rings. The topological polar surface area (TPSA) is 75.1 Å². The third-order valence-electron chi connectivity index (χ3n) is 2.01. The lowest BCUT2D eigenvalue weighted by molar-refractivity contribution is 0.0908. The van der Waals surface area contributed by atoms with Crippen LogP contribution >= 0.6 is 0 Å². The van der Waals surface area contributed by atoms with Gasteiger partial charge >= 0.3 is 0 Å². The highest BCUT2D eigenvalue weighted by Gasteiger charge is 2.08. The Morgan fingerprint density at radius 3 is 2.93 bits per heavy atom. The molecule has 0 saturated heterocycles. The van der Waals surface area contributed by atoms with E-state index in [9.17, 15) is 9.90 Å². The summed E-state index contributed by atoms with van der Waals surface area (Å²) in [6.07, 6.45) is 1.46. The zero-order valence-corrected chi connectivity index (χ0v) is 8.90. The number of aliphatic hydroxyl groups excluding tert-OH is 1. The summed E-state index contributed by atoms with van der Waals surface area (Å²) in [5.74, 6) is -0.284. The molecule has 0 aliphatic carbocycles. The molecule has 0 unspecified atom stereocenters. The largest absolute Gasteiger partial charge is 0.391 e. The lowest BCUT2D eigenvalue weighted by atomic mass is 10.2. The number of amides is 1. The number of nitrogens with zero attached hydrogens (tertiary/aromatic N) is 2. The molecule has 0 aliphatic heterocycles. The van der Waals surface area contributed by atoms with Crippen LogP contribution in [0.15, 0.2) is 12.4 Å². The molecule has 0 bridgehead atoms. The van der Waals surface area contributed by atoms with Gasteiger partial charge in [-0.1, -0.05) is 6.92 Å². The van der Waals surface area contributed by atoms with Gasteiger partial charge in [-0.15, -0.1) is 0 Å². The van der Waals surface area contributed by atoms with Gasteiger partial charge in [-0.25, -0.2) is 9.97 Å². The SMILES string of the molecule is CC[C@@H](O)CNC(=O)c1cc(C)ncn1. The van der Waals surface area contributed by atoms with Crippen LogP contribution in [0.3, 0.4) is 0 Å². The van der Waals surface area contributed by atoms with Crippen molar-refractivity contribution in [2.24, 2.45) is 0 Å². The van der Waals surface area contributed by atoms with Crippen LogP contribution in [0, 0.1) is 6.92 Å². The monoisotopic (exact) mass is 209 g/mol. The standard InChI is InChI=1S/C10H15N3O2/c1-3-8(14)5-11-10(15)9-4-7(2)12-6-13-9/h4,6,8,14H,3,5H2,1-2H3,(H,11,15)/t8-/m1/s1. The highest BCUT2D eigenvalue weighted by molar-refractivity contribution is 5.92. The molecule has 0 radical (unpaired) electrons. The normalized spacial score (nSPS) is 12.2. The minimum Gasteiger partial charge on any atom is -0.391 e. The lowest BCUT2D eigenvalue weighted by Gasteiger charge is -2.08. The van der Waals surface area contributed by atoms with Crippen LogP contribution in [0.2, 0.25) is 0 Å². The Morgan fingerprint density at radius 2 is 2.33 bits per heavy atom. The van der Waals surface area contributed by atoms with Crippen molar-refractivity contribution in [1.29, 1.82) is 0 Å². The molecule has 0 fully saturated rings. The van der Waals surface area contributed by atoms with E-state index in [0.29, 0.717) is 12.1 Å². The first-order chi connectivity index (χ1) is 7.13. The summed E-state index contributed by atoms with van der Waals surface area (Å²) in [5, 5.41) is 11.9. The number of nitrogens with one attached hydrogen (secondary N) is 1. The number of hydrogen-bond acceptors (Lipinski definition) is 4. The Hall–Kier alpha value is -1.49. The van der Waals surface area contributed by atoms with E-state index >= 15 is 0 Å². The van der Waals surface area contributed by atoms with Crippen molar-refractivity contribution in [1.82, 2.24) is 15.3 Å². The molecule has 0 aromatic carbocycles. The summed E-state index contributed by atoms with van der Waals surface area (Å²) >= 11 is 0. The molecule has 5 nitrogen and oxygen atoms in total. The lowest BCUT2D eigenvalue weighted by Crippen LogP contribution is -2.32. The van der Waals surface area contributed by atoms with Crippen LogP contribution in [-0.2, 0) is 0 Å². The van der Waals surface area contributed by atoms with Crippen molar-refractivity contribution in [2.45, 2.75) is 26.4 Å². The first-order valence-electron chi connectivity index (χ1n) is 4.88. The van der Waals surface area contributed by atoms with Crippen LogP contribution in [0.1, 0.15) is 29.5 Å². The minimum absolute atomic E-state index is 0.248. The Morgan fingerprint density at radius 1 is 1.60 bits per heavy atom. The van der Waals surface area contributed by atoms with Crippen molar-refractivity contribution in [3.8, 4) is 0 Å². The molecule has 82 valence electrons. The predicted octanol–water partition coefficient (Wildman–Crippen LogP) is 0.286. The molecule has 0 spiro atoms. The number of aromatic nitrogens is 2. The van der Waals surface area contributed by atoms with Gasteiger partial charge in [0.2, 0.25) is 0 Å². The van der Waals surface area contributed by atoms with Gasteiger partial charge in [0.1, 0.15) is 12.0 Å². The maximum atomic E-state index is 11.5. The van der Waals surface area contributed by atoms with Crippen molar-refractivity contribution < 1.29 is 9.90 Å². The van der Waals surface area contributed by atoms with Crippen molar-refractivity contribution >= 4 is 5.91 Å². The van der Waals surface area contributed by atoms with Crippen molar-refractivity contribution in [2.75, 3.05) is 6.54 Å². The molecular formula is C10H15N3O2. The second-order valence-corrected chi connectivity index (χ2v) is 3.32. The first-order valence-corrected chi connectivity index (χ1v) is 4.88. The van der Waals surface area contributed by atoms with Gasteiger partial charge in [0, 0.05) is 12.2 Å². The van der Waals surface area contributed by atoms with E-state index in [1.165, 1.54) is 6.33 Å². The fourth-order valence-electron chi connectivity index (χ4n) is 1.02. The summed E-state index contributed by atoms with van der Waals surface area (Å²) in [7, 11) is 0. The number of rotatable bonds is 4. The van der Waals surface area contributed by atoms with Gasteiger partial charge in [0.25, 0.3) is 5.91 Å². The third-order valence-corrected chi connectivity index (χ3v) is 2.01. The van der Waals surface area contributed by atoms with Crippen LogP contribution in [0.5, 0.6) is 0 Å². The van der Waals surface area contributed by atoms with Gasteiger partial charge in [0.15, 0.2) is 0 Å². The van der Waals surface area contributed by atoms with E-state index in [0.717, 1.165) is 5.69 Å². The predicted molar refractivity (Wildman–Crippen MR) is 55.4 cm³/mol. The summed E-state index contributed by atoms with van der Waals surface area (Å²) in [6.45, 7) is 3.89. The van der Waals surface area contributed by atoms with E-state index in [-0.39, 0.29) is 12.5 Å². The van der Waals surface area contributed by atoms with Crippen LogP contribution in [0.25, 0.3) is 0 Å². The maximum absolute atomic E-state index is 11.5. The fraction of sp³-hybridized carbons (Fsp3) is 0.500. The molecule has 1 amide bonds. The molecule has 1 atom stereocenters. The Labute approximate surface area is 88.6 Å². The molecular weight excluding hydrogens is 194 g/mol. The second-order valence-electron chi connectivity index (χ2n) is 3.32. The van der Waals surface area contributed by atoms with E-state index in [4.69, 9.17) is 0 Å².